The van der Waals surface area contributed by atoms with E-state index in [1.165, 1.54) is 24.4 Å². The van der Waals surface area contributed by atoms with Gasteiger partial charge in [0.15, 0.2) is 5.78 Å². The Kier molecular flexibility index (Phi) is 5.01. The lowest BCUT2D eigenvalue weighted by atomic mass is 10.0. The maximum atomic E-state index is 14.6. The number of carbonyl (C=O) groups is 2. The third-order valence-corrected chi connectivity index (χ3v) is 4.52. The van der Waals surface area contributed by atoms with Crippen LogP contribution in [0.2, 0.25) is 5.02 Å². The van der Waals surface area contributed by atoms with Crippen molar-refractivity contribution in [2.45, 2.75) is 0 Å². The summed E-state index contributed by atoms with van der Waals surface area (Å²) in [4.78, 5) is 33.3. The second kappa shape index (κ2) is 7.77. The molecule has 0 aliphatic carbocycles. The van der Waals surface area contributed by atoms with Crippen LogP contribution < -0.4 is 5.32 Å². The van der Waals surface area contributed by atoms with Crippen LogP contribution in [0.4, 0.5) is 10.1 Å². The fraction of sp³-hybridized carbons (Fsp3) is 0. The summed E-state index contributed by atoms with van der Waals surface area (Å²) in [7, 11) is 0. The van der Waals surface area contributed by atoms with Gasteiger partial charge in [-0.25, -0.2) is 4.39 Å². The third kappa shape index (κ3) is 3.97. The summed E-state index contributed by atoms with van der Waals surface area (Å²) in [5, 5.41) is 3.01. The molecule has 1 N–H and O–H groups in total. The first-order valence-electron chi connectivity index (χ1n) is 8.63. The minimum Gasteiger partial charge on any atom is -0.322 e. The molecule has 0 aliphatic rings. The molecule has 0 unspecified atom stereocenters. The van der Waals surface area contributed by atoms with Gasteiger partial charge >= 0.3 is 0 Å². The highest BCUT2D eigenvalue weighted by Crippen LogP contribution is 2.21. The zero-order valence-corrected chi connectivity index (χ0v) is 15.7. The number of anilines is 1. The average Bonchev–Trinajstić information content (AvgIpc) is 2.73. The van der Waals surface area contributed by atoms with Gasteiger partial charge in [0.2, 0.25) is 0 Å². The second-order valence-electron chi connectivity index (χ2n) is 6.25. The minimum absolute atomic E-state index is 0.103. The van der Waals surface area contributed by atoms with Gasteiger partial charge in [0.25, 0.3) is 5.91 Å². The van der Waals surface area contributed by atoms with Crippen molar-refractivity contribution in [1.29, 1.82) is 0 Å². The summed E-state index contributed by atoms with van der Waals surface area (Å²) in [5.41, 5.74) is 1.96. The Balaban J connectivity index is 1.57. The fourth-order valence-corrected chi connectivity index (χ4v) is 3.06. The van der Waals surface area contributed by atoms with E-state index in [9.17, 15) is 14.0 Å². The van der Waals surface area contributed by atoms with Crippen molar-refractivity contribution in [2.24, 2.45) is 0 Å². The summed E-state index contributed by atoms with van der Waals surface area (Å²) in [5.74, 6) is -1.65. The molecule has 29 heavy (non-hydrogen) atoms. The van der Waals surface area contributed by atoms with Crippen molar-refractivity contribution < 1.29 is 14.0 Å². The highest BCUT2D eigenvalue weighted by molar-refractivity contribution is 6.31. The molecule has 1 heterocycles. The molecule has 0 bridgehead atoms. The van der Waals surface area contributed by atoms with Crippen molar-refractivity contribution in [3.05, 3.63) is 101 Å². The quantitative estimate of drug-likeness (QED) is 0.490. The van der Waals surface area contributed by atoms with Crippen LogP contribution in [0.15, 0.2) is 73.1 Å². The van der Waals surface area contributed by atoms with E-state index in [1.807, 2.05) is 0 Å². The van der Waals surface area contributed by atoms with Crippen LogP contribution in [0.3, 0.4) is 0 Å². The topological polar surface area (TPSA) is 72.0 Å². The predicted octanol–water partition coefficient (Wildman–Crippen LogP) is 4.91. The molecule has 0 aliphatic heterocycles. The van der Waals surface area contributed by atoms with Gasteiger partial charge in [-0.2, -0.15) is 0 Å². The van der Waals surface area contributed by atoms with Gasteiger partial charge in [0.1, 0.15) is 5.82 Å². The highest BCUT2D eigenvalue weighted by atomic mass is 35.5. The molecular formula is C22H13ClFN3O2. The van der Waals surface area contributed by atoms with Gasteiger partial charge in [0.05, 0.1) is 16.6 Å². The number of amides is 1. The summed E-state index contributed by atoms with van der Waals surface area (Å²) in [6.45, 7) is 0. The average molecular weight is 406 g/mol. The number of ketones is 1. The van der Waals surface area contributed by atoms with Crippen molar-refractivity contribution in [3.63, 3.8) is 0 Å². The Morgan fingerprint density at radius 2 is 1.66 bits per heavy atom. The number of rotatable bonds is 4. The molecule has 0 radical (unpaired) electrons. The van der Waals surface area contributed by atoms with Crippen molar-refractivity contribution in [2.75, 3.05) is 5.32 Å². The van der Waals surface area contributed by atoms with E-state index in [0.717, 1.165) is 6.07 Å². The lowest BCUT2D eigenvalue weighted by molar-refractivity contribution is 0.102. The maximum Gasteiger partial charge on any atom is 0.255 e. The summed E-state index contributed by atoms with van der Waals surface area (Å²) >= 11 is 5.88. The van der Waals surface area contributed by atoms with Gasteiger partial charge in [-0.15, -0.1) is 0 Å². The van der Waals surface area contributed by atoms with Crippen LogP contribution in [0, 0.1) is 5.82 Å². The smallest absolute Gasteiger partial charge is 0.255 e. The summed E-state index contributed by atoms with van der Waals surface area (Å²) in [6, 6.07) is 15.1. The number of nitrogens with one attached hydrogen (secondary N) is 1. The Hall–Kier alpha value is -3.64. The standard InChI is InChI=1S/C22H13ClFN3O2/c23-15-3-1-2-14(10-15)22(29)27-16-5-6-17(18(24)12-16)21(28)13-4-7-19-20(11-13)26-9-8-25-19/h1-12H,(H,27,29). The number of nitrogens with zero attached hydrogens (tertiary/aromatic N) is 2. The summed E-state index contributed by atoms with van der Waals surface area (Å²) in [6.07, 6.45) is 3.08. The van der Waals surface area contributed by atoms with Gasteiger partial charge < -0.3 is 5.32 Å². The van der Waals surface area contributed by atoms with E-state index < -0.39 is 17.5 Å². The third-order valence-electron chi connectivity index (χ3n) is 4.29. The van der Waals surface area contributed by atoms with E-state index in [2.05, 4.69) is 15.3 Å². The monoisotopic (exact) mass is 405 g/mol. The normalized spacial score (nSPS) is 10.7. The number of halogens is 2. The molecule has 4 rings (SSSR count). The van der Waals surface area contributed by atoms with E-state index in [0.29, 0.717) is 27.2 Å². The van der Waals surface area contributed by atoms with Crippen LogP contribution in [-0.2, 0) is 0 Å². The highest BCUT2D eigenvalue weighted by Gasteiger charge is 2.16. The van der Waals surface area contributed by atoms with Crippen LogP contribution in [0.25, 0.3) is 11.0 Å². The van der Waals surface area contributed by atoms with E-state index >= 15 is 0 Å². The molecule has 142 valence electrons. The molecule has 0 fully saturated rings. The molecule has 7 heteroatoms. The first kappa shape index (κ1) is 18.7. The van der Waals surface area contributed by atoms with Crippen molar-refractivity contribution >= 4 is 40.0 Å². The van der Waals surface area contributed by atoms with E-state index in [1.54, 1.807) is 42.6 Å². The minimum atomic E-state index is -0.738. The van der Waals surface area contributed by atoms with Gasteiger partial charge in [-0.05, 0) is 54.6 Å². The zero-order valence-electron chi connectivity index (χ0n) is 14.9. The van der Waals surface area contributed by atoms with Crippen LogP contribution in [-0.4, -0.2) is 21.7 Å². The Bertz CT molecular complexity index is 1260. The first-order chi connectivity index (χ1) is 14.0. The molecule has 1 aromatic heterocycles. The molecule has 1 amide bonds. The Labute approximate surface area is 170 Å². The van der Waals surface area contributed by atoms with E-state index in [4.69, 9.17) is 11.6 Å². The Morgan fingerprint density at radius 3 is 2.41 bits per heavy atom. The van der Waals surface area contributed by atoms with Crippen LogP contribution >= 0.6 is 11.6 Å². The molecule has 5 nitrogen and oxygen atoms in total. The molecule has 0 saturated heterocycles. The molecule has 4 aromatic rings. The molecule has 0 saturated carbocycles. The molecular weight excluding hydrogens is 393 g/mol. The number of aromatic nitrogens is 2. The van der Waals surface area contributed by atoms with Crippen LogP contribution in [0.1, 0.15) is 26.3 Å². The SMILES string of the molecule is O=C(Nc1ccc(C(=O)c2ccc3nccnc3c2)c(F)c1)c1cccc(Cl)c1. The maximum absolute atomic E-state index is 14.6. The van der Waals surface area contributed by atoms with Gasteiger partial charge in [0, 0.05) is 34.2 Å². The molecule has 0 atom stereocenters. The van der Waals surface area contributed by atoms with Crippen LogP contribution in [0.5, 0.6) is 0 Å². The van der Waals surface area contributed by atoms with Crippen molar-refractivity contribution in [1.82, 2.24) is 9.97 Å². The number of carbonyl (C=O) groups excluding carboxylic acids is 2. The predicted molar refractivity (Wildman–Crippen MR) is 109 cm³/mol. The number of benzene rings is 3. The van der Waals surface area contributed by atoms with E-state index in [-0.39, 0.29) is 11.3 Å². The van der Waals surface area contributed by atoms with Gasteiger partial charge in [-0.3, -0.25) is 19.6 Å². The fourth-order valence-electron chi connectivity index (χ4n) is 2.87. The first-order valence-corrected chi connectivity index (χ1v) is 9.01. The number of hydrogen-bond acceptors (Lipinski definition) is 4. The largest absolute Gasteiger partial charge is 0.322 e. The number of fused-ring (bicyclic) bond motifs is 1. The number of hydrogen-bond donors (Lipinski definition) is 1. The summed E-state index contributed by atoms with van der Waals surface area (Å²) < 4.78 is 14.6. The zero-order chi connectivity index (χ0) is 20.4. The van der Waals surface area contributed by atoms with Crippen molar-refractivity contribution in [3.8, 4) is 0 Å². The lowest BCUT2D eigenvalue weighted by Crippen LogP contribution is -2.12. The Morgan fingerprint density at radius 1 is 0.862 bits per heavy atom. The van der Waals surface area contributed by atoms with Gasteiger partial charge in [-0.1, -0.05) is 17.7 Å². The second-order valence-corrected chi connectivity index (χ2v) is 6.68. The molecule has 0 spiro atoms. The lowest BCUT2D eigenvalue weighted by Gasteiger charge is -2.08. The molecule has 3 aromatic carbocycles.